The van der Waals surface area contributed by atoms with E-state index in [1.165, 1.54) is 0 Å². The normalized spacial score (nSPS) is 14.5. The van der Waals surface area contributed by atoms with Crippen LogP contribution >= 0.6 is 0 Å². The average Bonchev–Trinajstić information content (AvgIpc) is 2.68. The fourth-order valence-electron chi connectivity index (χ4n) is 2.02. The van der Waals surface area contributed by atoms with Crippen molar-refractivity contribution in [3.63, 3.8) is 0 Å². The van der Waals surface area contributed by atoms with Gasteiger partial charge in [0.05, 0.1) is 0 Å². The van der Waals surface area contributed by atoms with E-state index in [2.05, 4.69) is 4.74 Å². The summed E-state index contributed by atoms with van der Waals surface area (Å²) in [6.45, 7) is 0. The van der Waals surface area contributed by atoms with Crippen LogP contribution in [0.4, 0.5) is 0 Å². The van der Waals surface area contributed by atoms with Crippen LogP contribution in [0.25, 0.3) is 10.9 Å². The van der Waals surface area contributed by atoms with Gasteiger partial charge >= 0.3 is 11.9 Å². The Kier molecular flexibility index (Phi) is 1.36. The molecule has 74 valence electrons. The fraction of sp³-hybridized carbons (Fsp3) is 0.0909. The Morgan fingerprint density at radius 1 is 1.13 bits per heavy atom. The number of aromatic nitrogens is 1. The van der Waals surface area contributed by atoms with Crippen molar-refractivity contribution in [2.45, 2.75) is 0 Å². The molecule has 0 aliphatic carbocycles. The highest BCUT2D eigenvalue weighted by Gasteiger charge is 2.35. The second-order valence-corrected chi connectivity index (χ2v) is 3.48. The van der Waals surface area contributed by atoms with Crippen LogP contribution in [0.5, 0.6) is 0 Å². The summed E-state index contributed by atoms with van der Waals surface area (Å²) in [7, 11) is 1.75. The van der Waals surface area contributed by atoms with E-state index in [0.717, 1.165) is 10.9 Å². The van der Waals surface area contributed by atoms with Gasteiger partial charge in [-0.05, 0) is 6.07 Å². The van der Waals surface area contributed by atoms with Gasteiger partial charge in [0.25, 0.3) is 0 Å². The summed E-state index contributed by atoms with van der Waals surface area (Å²) in [5, 5.41) is 0.769. The van der Waals surface area contributed by atoms with Gasteiger partial charge in [-0.25, -0.2) is 9.59 Å². The minimum Gasteiger partial charge on any atom is -0.384 e. The highest BCUT2D eigenvalue weighted by atomic mass is 16.6. The molecule has 1 aliphatic heterocycles. The van der Waals surface area contributed by atoms with E-state index in [-0.39, 0.29) is 0 Å². The maximum absolute atomic E-state index is 11.4. The molecule has 0 N–H and O–H groups in total. The minimum atomic E-state index is -0.561. The minimum absolute atomic E-state index is 0.348. The molecule has 0 saturated carbocycles. The standard InChI is InChI=1S/C11H7NO3/c1-12-7-5-3-2-4-6(7)8-9(12)11(14)15-10(8)13/h2-5H,1H3. The first-order chi connectivity index (χ1) is 7.20. The zero-order valence-corrected chi connectivity index (χ0v) is 7.98. The number of aryl methyl sites for hydroxylation is 1. The number of hydrogen-bond acceptors (Lipinski definition) is 3. The van der Waals surface area contributed by atoms with E-state index >= 15 is 0 Å². The second-order valence-electron chi connectivity index (χ2n) is 3.48. The lowest BCUT2D eigenvalue weighted by atomic mass is 10.1. The predicted molar refractivity (Wildman–Crippen MR) is 52.7 cm³/mol. The molecule has 0 saturated heterocycles. The van der Waals surface area contributed by atoms with Crippen molar-refractivity contribution in [1.82, 2.24) is 4.57 Å². The maximum atomic E-state index is 11.4. The summed E-state index contributed by atoms with van der Waals surface area (Å²) in [4.78, 5) is 22.8. The molecule has 0 bridgehead atoms. The van der Waals surface area contributed by atoms with Gasteiger partial charge in [0.1, 0.15) is 11.3 Å². The Balaban J connectivity index is 2.55. The molecule has 0 spiro atoms. The maximum Gasteiger partial charge on any atom is 0.363 e. The first-order valence-electron chi connectivity index (χ1n) is 4.54. The van der Waals surface area contributed by atoms with Gasteiger partial charge in [-0.1, -0.05) is 18.2 Å². The van der Waals surface area contributed by atoms with Crippen LogP contribution in [0.15, 0.2) is 24.3 Å². The number of esters is 2. The van der Waals surface area contributed by atoms with Gasteiger partial charge in [-0.3, -0.25) is 0 Å². The van der Waals surface area contributed by atoms with Gasteiger partial charge in [0.2, 0.25) is 0 Å². The molecule has 0 fully saturated rings. The summed E-state index contributed by atoms with van der Waals surface area (Å²) in [6, 6.07) is 7.38. The van der Waals surface area contributed by atoms with E-state index in [4.69, 9.17) is 0 Å². The van der Waals surface area contributed by atoms with Crippen LogP contribution in [0.2, 0.25) is 0 Å². The molecule has 0 amide bonds. The van der Waals surface area contributed by atoms with Crippen molar-refractivity contribution in [2.24, 2.45) is 7.05 Å². The van der Waals surface area contributed by atoms with Gasteiger partial charge in [0.15, 0.2) is 0 Å². The number of hydrogen-bond donors (Lipinski definition) is 0. The van der Waals surface area contributed by atoms with Gasteiger partial charge in [-0.2, -0.15) is 0 Å². The second kappa shape index (κ2) is 2.48. The van der Waals surface area contributed by atoms with E-state index in [1.54, 1.807) is 11.6 Å². The van der Waals surface area contributed by atoms with Crippen molar-refractivity contribution >= 4 is 22.8 Å². The van der Waals surface area contributed by atoms with Crippen LogP contribution in [-0.2, 0) is 11.8 Å². The number of benzene rings is 1. The van der Waals surface area contributed by atoms with Gasteiger partial charge < -0.3 is 9.30 Å². The lowest BCUT2D eigenvalue weighted by Crippen LogP contribution is -2.04. The number of carbonyl (C=O) groups is 2. The summed E-state index contributed by atoms with van der Waals surface area (Å²) < 4.78 is 6.25. The van der Waals surface area contributed by atoms with Crippen LogP contribution in [0, 0.1) is 0 Å². The first kappa shape index (κ1) is 8.23. The summed E-state index contributed by atoms with van der Waals surface area (Å²) >= 11 is 0. The topological polar surface area (TPSA) is 48.3 Å². The zero-order valence-electron chi connectivity index (χ0n) is 7.98. The van der Waals surface area contributed by atoms with Crippen LogP contribution < -0.4 is 0 Å². The largest absolute Gasteiger partial charge is 0.384 e. The first-order valence-corrected chi connectivity index (χ1v) is 4.54. The highest BCUT2D eigenvalue weighted by molar-refractivity contribution is 6.21. The summed E-state index contributed by atoms with van der Waals surface area (Å²) in [6.07, 6.45) is 0. The molecule has 2 aromatic rings. The summed E-state index contributed by atoms with van der Waals surface area (Å²) in [5.74, 6) is -1.11. The molecule has 1 aromatic heterocycles. The summed E-state index contributed by atoms with van der Waals surface area (Å²) in [5.41, 5.74) is 1.60. The Bertz CT molecular complexity index is 610. The molecule has 0 radical (unpaired) electrons. The van der Waals surface area contributed by atoms with E-state index in [1.807, 2.05) is 24.3 Å². The molecule has 1 aromatic carbocycles. The lowest BCUT2D eigenvalue weighted by molar-refractivity contribution is 0.0440. The third-order valence-corrected chi connectivity index (χ3v) is 2.69. The molecular formula is C11H7NO3. The predicted octanol–water partition coefficient (Wildman–Crippen LogP) is 1.49. The number of nitrogens with zero attached hydrogens (tertiary/aromatic N) is 1. The van der Waals surface area contributed by atoms with Crippen LogP contribution in [-0.4, -0.2) is 16.5 Å². The number of para-hydroxylation sites is 1. The molecular weight excluding hydrogens is 194 g/mol. The molecule has 4 nitrogen and oxygen atoms in total. The van der Waals surface area contributed by atoms with E-state index in [0.29, 0.717) is 11.3 Å². The molecule has 0 unspecified atom stereocenters. The number of cyclic esters (lactones) is 2. The zero-order chi connectivity index (χ0) is 10.6. The Morgan fingerprint density at radius 3 is 2.67 bits per heavy atom. The lowest BCUT2D eigenvalue weighted by Gasteiger charge is -1.98. The Morgan fingerprint density at radius 2 is 1.87 bits per heavy atom. The molecule has 15 heavy (non-hydrogen) atoms. The Hall–Kier alpha value is -2.10. The SMILES string of the molecule is Cn1c2c(c3ccccc31)C(=O)OC2=O. The Labute approximate surface area is 85.1 Å². The molecule has 2 heterocycles. The van der Waals surface area contributed by atoms with Crippen molar-refractivity contribution in [1.29, 1.82) is 0 Å². The van der Waals surface area contributed by atoms with Gasteiger partial charge in [0, 0.05) is 18.0 Å². The fourth-order valence-corrected chi connectivity index (χ4v) is 2.02. The number of fused-ring (bicyclic) bond motifs is 3. The van der Waals surface area contributed by atoms with Crippen molar-refractivity contribution < 1.29 is 14.3 Å². The quantitative estimate of drug-likeness (QED) is 0.479. The molecule has 3 rings (SSSR count). The number of carbonyl (C=O) groups excluding carboxylic acids is 2. The molecule has 4 heteroatoms. The van der Waals surface area contributed by atoms with E-state index < -0.39 is 11.9 Å². The van der Waals surface area contributed by atoms with Gasteiger partial charge in [-0.15, -0.1) is 0 Å². The molecule has 0 atom stereocenters. The highest BCUT2D eigenvalue weighted by Crippen LogP contribution is 2.30. The van der Waals surface area contributed by atoms with Crippen LogP contribution in [0.3, 0.4) is 0 Å². The third-order valence-electron chi connectivity index (χ3n) is 2.69. The van der Waals surface area contributed by atoms with Crippen molar-refractivity contribution in [3.8, 4) is 0 Å². The molecule has 1 aliphatic rings. The monoisotopic (exact) mass is 201 g/mol. The van der Waals surface area contributed by atoms with Crippen molar-refractivity contribution in [3.05, 3.63) is 35.5 Å². The third kappa shape index (κ3) is 0.857. The smallest absolute Gasteiger partial charge is 0.363 e. The van der Waals surface area contributed by atoms with E-state index in [9.17, 15) is 9.59 Å². The van der Waals surface area contributed by atoms with Crippen LogP contribution in [0.1, 0.15) is 20.8 Å². The average molecular weight is 201 g/mol. The number of ether oxygens (including phenoxy) is 1. The van der Waals surface area contributed by atoms with Crippen molar-refractivity contribution in [2.75, 3.05) is 0 Å². The number of rotatable bonds is 0.